The number of hydrogen-bond donors (Lipinski definition) is 1. The van der Waals surface area contributed by atoms with Crippen LogP contribution in [0.1, 0.15) is 36.5 Å². The molecular formula is C37H41Cl2N3O6S. The summed E-state index contributed by atoms with van der Waals surface area (Å²) in [4.78, 5) is 30.0. The van der Waals surface area contributed by atoms with E-state index in [0.717, 1.165) is 28.3 Å². The van der Waals surface area contributed by atoms with Crippen molar-refractivity contribution in [2.24, 2.45) is 0 Å². The third kappa shape index (κ3) is 9.68. The minimum atomic E-state index is -4.30. The van der Waals surface area contributed by atoms with Crippen molar-refractivity contribution in [3.63, 3.8) is 0 Å². The van der Waals surface area contributed by atoms with Crippen molar-refractivity contribution in [2.45, 2.75) is 50.6 Å². The van der Waals surface area contributed by atoms with Gasteiger partial charge in [0.25, 0.3) is 10.0 Å². The van der Waals surface area contributed by atoms with E-state index in [9.17, 15) is 18.0 Å². The summed E-state index contributed by atoms with van der Waals surface area (Å²) in [5.41, 5.74) is 2.49. The second-order valence-electron chi connectivity index (χ2n) is 11.5. The van der Waals surface area contributed by atoms with Crippen molar-refractivity contribution in [3.8, 4) is 11.5 Å². The van der Waals surface area contributed by atoms with Crippen LogP contribution < -0.4 is 19.1 Å². The summed E-state index contributed by atoms with van der Waals surface area (Å²) in [6, 6.07) is 24.3. The fourth-order valence-corrected chi connectivity index (χ4v) is 6.97. The highest BCUT2D eigenvalue weighted by Crippen LogP contribution is 2.34. The van der Waals surface area contributed by atoms with Crippen LogP contribution in [-0.2, 0) is 32.6 Å². The number of halogens is 2. The molecule has 260 valence electrons. The first-order valence-corrected chi connectivity index (χ1v) is 18.0. The van der Waals surface area contributed by atoms with Crippen molar-refractivity contribution in [2.75, 3.05) is 31.6 Å². The fraction of sp³-hybridized carbons (Fsp3) is 0.297. The molecule has 0 bridgehead atoms. The van der Waals surface area contributed by atoms with Gasteiger partial charge >= 0.3 is 0 Å². The molecule has 0 unspecified atom stereocenters. The minimum absolute atomic E-state index is 0.00476. The Balaban J connectivity index is 1.84. The summed E-state index contributed by atoms with van der Waals surface area (Å²) in [7, 11) is -1.39. The third-order valence-corrected chi connectivity index (χ3v) is 10.5. The highest BCUT2D eigenvalue weighted by atomic mass is 35.5. The van der Waals surface area contributed by atoms with E-state index in [0.29, 0.717) is 22.9 Å². The first kappa shape index (κ1) is 37.6. The second-order valence-corrected chi connectivity index (χ2v) is 14.2. The van der Waals surface area contributed by atoms with Gasteiger partial charge in [0.2, 0.25) is 11.8 Å². The van der Waals surface area contributed by atoms with Gasteiger partial charge in [0.15, 0.2) is 11.5 Å². The Kier molecular flexibility index (Phi) is 13.4. The molecule has 4 aromatic rings. The van der Waals surface area contributed by atoms with Crippen molar-refractivity contribution >= 4 is 50.7 Å². The van der Waals surface area contributed by atoms with E-state index in [1.165, 1.54) is 37.3 Å². The van der Waals surface area contributed by atoms with Crippen LogP contribution in [0.3, 0.4) is 0 Å². The first-order valence-electron chi connectivity index (χ1n) is 15.8. The number of nitrogens with one attached hydrogen (secondary N) is 1. The van der Waals surface area contributed by atoms with E-state index in [2.05, 4.69) is 5.32 Å². The molecule has 0 spiro atoms. The Morgan fingerprint density at radius 3 is 2.16 bits per heavy atom. The fourth-order valence-electron chi connectivity index (χ4n) is 5.24. The highest BCUT2D eigenvalue weighted by molar-refractivity contribution is 7.92. The molecule has 0 fully saturated rings. The maximum absolute atomic E-state index is 14.7. The number of carbonyl (C=O) groups is 2. The normalized spacial score (nSPS) is 11.8. The predicted octanol–water partition coefficient (Wildman–Crippen LogP) is 7.07. The van der Waals surface area contributed by atoms with E-state index in [1.54, 1.807) is 42.5 Å². The lowest BCUT2D eigenvalue weighted by Gasteiger charge is -2.34. The van der Waals surface area contributed by atoms with Gasteiger partial charge in [0, 0.05) is 25.6 Å². The summed E-state index contributed by atoms with van der Waals surface area (Å²) < 4.78 is 40.6. The largest absolute Gasteiger partial charge is 0.493 e. The van der Waals surface area contributed by atoms with Crippen LogP contribution in [0.4, 0.5) is 5.69 Å². The topological polar surface area (TPSA) is 105 Å². The van der Waals surface area contributed by atoms with Crippen LogP contribution in [0.25, 0.3) is 0 Å². The number of rotatable bonds is 16. The molecule has 12 heteroatoms. The lowest BCUT2D eigenvalue weighted by molar-refractivity contribution is -0.140. The monoisotopic (exact) mass is 725 g/mol. The van der Waals surface area contributed by atoms with E-state index in [1.807, 2.05) is 44.2 Å². The zero-order chi connectivity index (χ0) is 35.6. The number of methoxy groups -OCH3 is 2. The van der Waals surface area contributed by atoms with Crippen LogP contribution in [0.2, 0.25) is 10.0 Å². The summed E-state index contributed by atoms with van der Waals surface area (Å²) in [6.45, 7) is 3.63. The lowest BCUT2D eigenvalue weighted by atomic mass is 10.0. The van der Waals surface area contributed by atoms with E-state index in [4.69, 9.17) is 32.7 Å². The number of amides is 2. The Morgan fingerprint density at radius 1 is 0.837 bits per heavy atom. The van der Waals surface area contributed by atoms with Gasteiger partial charge in [-0.15, -0.1) is 0 Å². The predicted molar refractivity (Wildman–Crippen MR) is 194 cm³/mol. The molecule has 0 aromatic heterocycles. The molecule has 0 radical (unpaired) electrons. The number of anilines is 1. The van der Waals surface area contributed by atoms with Gasteiger partial charge in [-0.05, 0) is 60.9 Å². The molecule has 0 aliphatic heterocycles. The van der Waals surface area contributed by atoms with Crippen molar-refractivity contribution in [1.82, 2.24) is 10.2 Å². The molecular weight excluding hydrogens is 685 g/mol. The number of carbonyl (C=O) groups excluding carboxylic acids is 2. The van der Waals surface area contributed by atoms with Crippen molar-refractivity contribution < 1.29 is 27.5 Å². The van der Waals surface area contributed by atoms with Gasteiger partial charge in [-0.1, -0.05) is 90.6 Å². The standard InChI is InChI=1S/C37H41Cl2N3O6S/c1-5-6-20-40-37(44)33(22-27-10-8-7-9-11-27)41(24-28-14-18-31(38)32(39)21-28)36(43)25-42(29-15-19-34(47-3)35(23-29)48-4)49(45,46)30-16-12-26(2)13-17-30/h7-19,21,23,33H,5-6,20,22,24-25H2,1-4H3,(H,40,44)/t33-/m0/s1. The number of benzene rings is 4. The molecule has 0 aliphatic rings. The van der Waals surface area contributed by atoms with Crippen LogP contribution in [0, 0.1) is 6.92 Å². The van der Waals surface area contributed by atoms with Gasteiger partial charge in [-0.3, -0.25) is 13.9 Å². The molecule has 49 heavy (non-hydrogen) atoms. The number of unbranched alkanes of at least 4 members (excludes halogenated alkanes) is 1. The summed E-state index contributed by atoms with van der Waals surface area (Å²) in [5.74, 6) is -0.299. The first-order chi connectivity index (χ1) is 23.5. The van der Waals surface area contributed by atoms with Gasteiger partial charge in [-0.2, -0.15) is 0 Å². The smallest absolute Gasteiger partial charge is 0.264 e. The molecule has 9 nitrogen and oxygen atoms in total. The summed E-state index contributed by atoms with van der Waals surface area (Å²) in [5, 5.41) is 3.60. The number of sulfonamides is 1. The average molecular weight is 727 g/mol. The Morgan fingerprint density at radius 2 is 1.53 bits per heavy atom. The Labute approximate surface area is 298 Å². The van der Waals surface area contributed by atoms with Crippen molar-refractivity contribution in [3.05, 3.63) is 118 Å². The maximum Gasteiger partial charge on any atom is 0.264 e. The molecule has 0 heterocycles. The Hall–Kier alpha value is -4.25. The van der Waals surface area contributed by atoms with Gasteiger partial charge < -0.3 is 19.7 Å². The molecule has 4 aromatic carbocycles. The van der Waals surface area contributed by atoms with Crippen LogP contribution >= 0.6 is 23.2 Å². The molecule has 0 saturated carbocycles. The zero-order valence-electron chi connectivity index (χ0n) is 28.0. The number of nitrogens with zero attached hydrogens (tertiary/aromatic N) is 2. The zero-order valence-corrected chi connectivity index (χ0v) is 30.3. The minimum Gasteiger partial charge on any atom is -0.493 e. The summed E-state index contributed by atoms with van der Waals surface area (Å²) >= 11 is 12.6. The van der Waals surface area contributed by atoms with Crippen LogP contribution in [0.15, 0.2) is 95.9 Å². The average Bonchev–Trinajstić information content (AvgIpc) is 3.10. The van der Waals surface area contributed by atoms with Gasteiger partial charge in [0.1, 0.15) is 12.6 Å². The van der Waals surface area contributed by atoms with Gasteiger partial charge in [0.05, 0.1) is 34.8 Å². The molecule has 0 saturated heterocycles. The van der Waals surface area contributed by atoms with E-state index < -0.39 is 28.5 Å². The van der Waals surface area contributed by atoms with Crippen LogP contribution in [-0.4, -0.2) is 58.5 Å². The SMILES string of the molecule is CCCCNC(=O)[C@H](Cc1ccccc1)N(Cc1ccc(Cl)c(Cl)c1)C(=O)CN(c1ccc(OC)c(OC)c1)S(=O)(=O)c1ccc(C)cc1. The number of hydrogen-bond acceptors (Lipinski definition) is 6. The molecule has 0 aliphatic carbocycles. The van der Waals surface area contributed by atoms with Crippen molar-refractivity contribution in [1.29, 1.82) is 0 Å². The van der Waals surface area contributed by atoms with E-state index in [-0.39, 0.29) is 40.2 Å². The molecule has 1 atom stereocenters. The second kappa shape index (κ2) is 17.4. The third-order valence-electron chi connectivity index (χ3n) is 7.98. The molecule has 4 rings (SSSR count). The lowest BCUT2D eigenvalue weighted by Crippen LogP contribution is -2.53. The summed E-state index contributed by atoms with van der Waals surface area (Å²) in [6.07, 6.45) is 1.81. The Bertz CT molecular complexity index is 1840. The molecule has 2 amide bonds. The maximum atomic E-state index is 14.7. The number of aryl methyl sites for hydroxylation is 1. The van der Waals surface area contributed by atoms with Gasteiger partial charge in [-0.25, -0.2) is 8.42 Å². The van der Waals surface area contributed by atoms with Crippen LogP contribution in [0.5, 0.6) is 11.5 Å². The van der Waals surface area contributed by atoms with E-state index >= 15 is 0 Å². The number of ether oxygens (including phenoxy) is 2. The quantitative estimate of drug-likeness (QED) is 0.124. The highest BCUT2D eigenvalue weighted by Gasteiger charge is 2.35. The molecule has 1 N–H and O–H groups in total.